The number of anilines is 1. The summed E-state index contributed by atoms with van der Waals surface area (Å²) < 4.78 is 66.7. The lowest BCUT2D eigenvalue weighted by Gasteiger charge is -2.34. The number of halogens is 3. The van der Waals surface area contributed by atoms with E-state index in [-0.39, 0.29) is 12.4 Å². The molecule has 7 nitrogen and oxygen atoms in total. The maximum atomic E-state index is 13.5. The van der Waals surface area contributed by atoms with Crippen LogP contribution in [0.1, 0.15) is 5.56 Å². The van der Waals surface area contributed by atoms with Crippen molar-refractivity contribution in [3.05, 3.63) is 17.8 Å². The highest BCUT2D eigenvalue weighted by atomic mass is 32.2. The molecular weight excluding hydrogens is 373 g/mol. The SMILES string of the molecule is CN1CCN(c2ncc(S(=O)(=O)NCC#CCO)cc2C(F)(F)F)CC1. The Morgan fingerprint density at radius 3 is 2.50 bits per heavy atom. The predicted molar refractivity (Wildman–Crippen MR) is 89.0 cm³/mol. The molecule has 2 N–H and O–H groups in total. The van der Waals surface area contributed by atoms with Crippen LogP contribution < -0.4 is 9.62 Å². The Hall–Kier alpha value is -1.87. The fourth-order valence-electron chi connectivity index (χ4n) is 2.40. The van der Waals surface area contributed by atoms with Crippen LogP contribution in [-0.4, -0.2) is 69.8 Å². The number of piperazine rings is 1. The van der Waals surface area contributed by atoms with Gasteiger partial charge >= 0.3 is 6.18 Å². The van der Waals surface area contributed by atoms with Gasteiger partial charge in [0, 0.05) is 32.4 Å². The minimum atomic E-state index is -4.74. The first-order valence-electron chi connectivity index (χ1n) is 7.72. The van der Waals surface area contributed by atoms with E-state index in [1.54, 1.807) is 0 Å². The summed E-state index contributed by atoms with van der Waals surface area (Å²) in [5.74, 6) is 4.29. The van der Waals surface area contributed by atoms with Gasteiger partial charge in [0.15, 0.2) is 0 Å². The van der Waals surface area contributed by atoms with Crippen LogP contribution in [0.15, 0.2) is 17.2 Å². The van der Waals surface area contributed by atoms with Crippen LogP contribution in [0.3, 0.4) is 0 Å². The first kappa shape index (κ1) is 20.4. The van der Waals surface area contributed by atoms with E-state index in [0.29, 0.717) is 32.2 Å². The number of aromatic nitrogens is 1. The Balaban J connectivity index is 2.33. The second-order valence-electron chi connectivity index (χ2n) is 5.67. The van der Waals surface area contributed by atoms with Crippen molar-refractivity contribution >= 4 is 15.8 Å². The van der Waals surface area contributed by atoms with Crippen LogP contribution in [0.4, 0.5) is 19.0 Å². The quantitative estimate of drug-likeness (QED) is 0.709. The van der Waals surface area contributed by atoms with Crippen LogP contribution in [-0.2, 0) is 16.2 Å². The van der Waals surface area contributed by atoms with E-state index in [1.807, 2.05) is 11.9 Å². The average Bonchev–Trinajstić information content (AvgIpc) is 2.58. The van der Waals surface area contributed by atoms with Crippen LogP contribution in [0.5, 0.6) is 0 Å². The van der Waals surface area contributed by atoms with Crippen LogP contribution in [0.2, 0.25) is 0 Å². The van der Waals surface area contributed by atoms with Crippen molar-refractivity contribution in [1.82, 2.24) is 14.6 Å². The Kier molecular flexibility index (Phi) is 6.46. The molecule has 0 aromatic carbocycles. The summed E-state index contributed by atoms with van der Waals surface area (Å²) in [4.78, 5) is 6.69. The second kappa shape index (κ2) is 8.22. The van der Waals surface area contributed by atoms with Gasteiger partial charge in [0.1, 0.15) is 17.3 Å². The minimum absolute atomic E-state index is 0.273. The number of nitrogens with one attached hydrogen (secondary N) is 1. The minimum Gasteiger partial charge on any atom is -0.384 e. The number of rotatable bonds is 4. The van der Waals surface area contributed by atoms with Crippen molar-refractivity contribution in [3.8, 4) is 11.8 Å². The molecule has 11 heteroatoms. The van der Waals surface area contributed by atoms with Crippen molar-refractivity contribution in [2.75, 3.05) is 51.3 Å². The van der Waals surface area contributed by atoms with E-state index in [1.165, 1.54) is 4.90 Å². The molecule has 0 spiro atoms. The molecule has 0 aliphatic carbocycles. The van der Waals surface area contributed by atoms with Gasteiger partial charge in [-0.2, -0.15) is 17.9 Å². The molecule has 2 heterocycles. The summed E-state index contributed by atoms with van der Waals surface area (Å²) in [7, 11) is -2.33. The van der Waals surface area contributed by atoms with Gasteiger partial charge in [0.05, 0.1) is 12.1 Å². The molecule has 26 heavy (non-hydrogen) atoms. The zero-order valence-electron chi connectivity index (χ0n) is 14.0. The fourth-order valence-corrected chi connectivity index (χ4v) is 3.29. The summed E-state index contributed by atoms with van der Waals surface area (Å²) in [6.07, 6.45) is -3.83. The summed E-state index contributed by atoms with van der Waals surface area (Å²) in [6.45, 7) is 1.14. The number of pyridine rings is 1. The van der Waals surface area contributed by atoms with E-state index < -0.39 is 33.3 Å². The number of nitrogens with zero attached hydrogens (tertiary/aromatic N) is 3. The van der Waals surface area contributed by atoms with Gasteiger partial charge in [0.2, 0.25) is 10.0 Å². The van der Waals surface area contributed by atoms with Crippen LogP contribution >= 0.6 is 0 Å². The molecule has 1 fully saturated rings. The summed E-state index contributed by atoms with van der Waals surface area (Å²) in [5, 5.41) is 8.52. The Morgan fingerprint density at radius 2 is 1.92 bits per heavy atom. The van der Waals surface area contributed by atoms with Gasteiger partial charge in [-0.05, 0) is 13.1 Å². The first-order chi connectivity index (χ1) is 12.1. The highest BCUT2D eigenvalue weighted by molar-refractivity contribution is 7.89. The smallest absolute Gasteiger partial charge is 0.384 e. The highest BCUT2D eigenvalue weighted by Crippen LogP contribution is 2.36. The van der Waals surface area contributed by atoms with E-state index in [9.17, 15) is 21.6 Å². The third-order valence-electron chi connectivity index (χ3n) is 3.81. The number of hydrogen-bond donors (Lipinski definition) is 2. The molecule has 0 radical (unpaired) electrons. The van der Waals surface area contributed by atoms with Crippen molar-refractivity contribution < 1.29 is 26.7 Å². The van der Waals surface area contributed by atoms with E-state index in [4.69, 9.17) is 5.11 Å². The zero-order valence-corrected chi connectivity index (χ0v) is 14.9. The molecule has 2 rings (SSSR count). The molecule has 0 amide bonds. The van der Waals surface area contributed by atoms with Crippen molar-refractivity contribution in [1.29, 1.82) is 0 Å². The summed E-state index contributed by atoms with van der Waals surface area (Å²) in [5.41, 5.74) is -1.09. The van der Waals surface area contributed by atoms with Crippen molar-refractivity contribution in [2.45, 2.75) is 11.1 Å². The number of aliphatic hydroxyl groups is 1. The van der Waals surface area contributed by atoms with Gasteiger partial charge < -0.3 is 14.9 Å². The molecule has 1 saturated heterocycles. The van der Waals surface area contributed by atoms with Gasteiger partial charge in [-0.1, -0.05) is 11.8 Å². The van der Waals surface area contributed by atoms with Crippen molar-refractivity contribution in [2.24, 2.45) is 0 Å². The maximum Gasteiger partial charge on any atom is 0.420 e. The normalized spacial score (nSPS) is 16.3. The molecule has 0 bridgehead atoms. The van der Waals surface area contributed by atoms with E-state index >= 15 is 0 Å². The molecule has 1 aliphatic rings. The number of alkyl halides is 3. The molecule has 1 aliphatic heterocycles. The van der Waals surface area contributed by atoms with Gasteiger partial charge in [-0.15, -0.1) is 0 Å². The summed E-state index contributed by atoms with van der Waals surface area (Å²) >= 11 is 0. The standard InChI is InChI=1S/C15H19F3N4O3S/c1-21-5-7-22(8-6-21)14-13(15(16,17)18)10-12(11-19-14)26(24,25)20-4-2-3-9-23/h10-11,20,23H,4-9H2,1H3. The van der Waals surface area contributed by atoms with E-state index in [0.717, 1.165) is 6.20 Å². The molecule has 1 aromatic rings. The topological polar surface area (TPSA) is 85.8 Å². The monoisotopic (exact) mass is 392 g/mol. The average molecular weight is 392 g/mol. The zero-order chi connectivity index (χ0) is 19.4. The summed E-state index contributed by atoms with van der Waals surface area (Å²) in [6, 6.07) is 0.586. The molecule has 0 saturated carbocycles. The maximum absolute atomic E-state index is 13.5. The molecular formula is C15H19F3N4O3S. The predicted octanol–water partition coefficient (Wildman–Crippen LogP) is 0.126. The first-order valence-corrected chi connectivity index (χ1v) is 9.20. The van der Waals surface area contributed by atoms with Crippen molar-refractivity contribution in [3.63, 3.8) is 0 Å². The lowest BCUT2D eigenvalue weighted by Crippen LogP contribution is -2.45. The highest BCUT2D eigenvalue weighted by Gasteiger charge is 2.37. The molecule has 1 aromatic heterocycles. The van der Waals surface area contributed by atoms with Crippen LogP contribution in [0.25, 0.3) is 0 Å². The van der Waals surface area contributed by atoms with Gasteiger partial charge in [-0.25, -0.2) is 13.4 Å². The van der Waals surface area contributed by atoms with Gasteiger partial charge in [0.25, 0.3) is 0 Å². The van der Waals surface area contributed by atoms with Gasteiger partial charge in [-0.3, -0.25) is 0 Å². The third kappa shape index (κ3) is 5.07. The lowest BCUT2D eigenvalue weighted by molar-refractivity contribution is -0.137. The molecule has 0 atom stereocenters. The largest absolute Gasteiger partial charge is 0.420 e. The number of aliphatic hydroxyl groups excluding tert-OH is 1. The lowest BCUT2D eigenvalue weighted by atomic mass is 10.2. The Labute approximate surface area is 149 Å². The third-order valence-corrected chi connectivity index (χ3v) is 5.18. The number of likely N-dealkylation sites (N-methyl/N-ethyl adjacent to an activating group) is 1. The molecule has 144 valence electrons. The second-order valence-corrected chi connectivity index (χ2v) is 7.43. The van der Waals surface area contributed by atoms with Crippen LogP contribution in [0, 0.1) is 11.8 Å². The Bertz CT molecular complexity index is 795. The molecule has 0 unspecified atom stereocenters. The fraction of sp³-hybridized carbons (Fsp3) is 0.533. The Morgan fingerprint density at radius 1 is 1.27 bits per heavy atom. The number of hydrogen-bond acceptors (Lipinski definition) is 6. The number of sulfonamides is 1. The van der Waals surface area contributed by atoms with E-state index in [2.05, 4.69) is 21.5 Å².